The van der Waals surface area contributed by atoms with Gasteiger partial charge in [0.15, 0.2) is 0 Å². The molecule has 2 heterocycles. The van der Waals surface area contributed by atoms with Crippen molar-refractivity contribution >= 4 is 11.6 Å². The maximum atomic E-state index is 12.9. The van der Waals surface area contributed by atoms with Crippen LogP contribution in [0.4, 0.5) is 10.1 Å². The first kappa shape index (κ1) is 19.4. The summed E-state index contributed by atoms with van der Waals surface area (Å²) in [5.74, 6) is 0.582. The number of nitrogens with one attached hydrogen (secondary N) is 1. The zero-order valence-corrected chi connectivity index (χ0v) is 15.7. The molecule has 3 rings (SSSR count). The molecule has 0 radical (unpaired) electrons. The third kappa shape index (κ3) is 5.79. The van der Waals surface area contributed by atoms with Gasteiger partial charge in [-0.15, -0.1) is 0 Å². The van der Waals surface area contributed by atoms with Crippen molar-refractivity contribution in [1.82, 2.24) is 14.7 Å². The first-order valence-electron chi connectivity index (χ1n) is 9.58. The molecule has 1 N–H and O–H groups in total. The number of nitrogens with zero attached hydrogens (tertiary/aromatic N) is 3. The Morgan fingerprint density at radius 1 is 1.30 bits per heavy atom. The molecule has 1 aromatic carbocycles. The Labute approximate surface area is 159 Å². The summed E-state index contributed by atoms with van der Waals surface area (Å²) in [6.07, 6.45) is 6.19. The molecule has 1 amide bonds. The summed E-state index contributed by atoms with van der Waals surface area (Å²) in [5, 5.41) is 7.14. The fourth-order valence-electron chi connectivity index (χ4n) is 3.27. The van der Waals surface area contributed by atoms with E-state index in [4.69, 9.17) is 4.74 Å². The summed E-state index contributed by atoms with van der Waals surface area (Å²) < 4.78 is 20.3. The van der Waals surface area contributed by atoms with E-state index in [1.807, 2.05) is 13.1 Å². The van der Waals surface area contributed by atoms with Gasteiger partial charge in [-0.1, -0.05) is 0 Å². The Balaban J connectivity index is 1.32. The summed E-state index contributed by atoms with van der Waals surface area (Å²) in [4.78, 5) is 14.8. The molecular weight excluding hydrogens is 347 g/mol. The van der Waals surface area contributed by atoms with E-state index in [-0.39, 0.29) is 17.6 Å². The molecule has 27 heavy (non-hydrogen) atoms. The van der Waals surface area contributed by atoms with Gasteiger partial charge < -0.3 is 15.0 Å². The number of carbonyl (C=O) groups is 1. The fourth-order valence-corrected chi connectivity index (χ4v) is 3.27. The molecule has 6 nitrogen and oxygen atoms in total. The van der Waals surface area contributed by atoms with Crippen LogP contribution in [0.1, 0.15) is 26.2 Å². The molecule has 146 valence electrons. The summed E-state index contributed by atoms with van der Waals surface area (Å²) in [7, 11) is 0. The molecular formula is C20H27FN4O2. The third-order valence-electron chi connectivity index (χ3n) is 4.88. The van der Waals surface area contributed by atoms with Gasteiger partial charge >= 0.3 is 0 Å². The van der Waals surface area contributed by atoms with Crippen molar-refractivity contribution in [2.75, 3.05) is 31.6 Å². The van der Waals surface area contributed by atoms with Gasteiger partial charge in [-0.3, -0.25) is 9.48 Å². The van der Waals surface area contributed by atoms with Crippen molar-refractivity contribution in [2.45, 2.75) is 32.7 Å². The highest BCUT2D eigenvalue weighted by Crippen LogP contribution is 2.20. The molecule has 1 aromatic heterocycles. The first-order chi connectivity index (χ1) is 13.1. The predicted octanol–water partition coefficient (Wildman–Crippen LogP) is 3.16. The van der Waals surface area contributed by atoms with Crippen molar-refractivity contribution in [3.05, 3.63) is 42.5 Å². The Hall–Kier alpha value is -2.41. The van der Waals surface area contributed by atoms with E-state index in [0.717, 1.165) is 51.1 Å². The van der Waals surface area contributed by atoms with Crippen LogP contribution >= 0.6 is 0 Å². The van der Waals surface area contributed by atoms with Crippen LogP contribution in [0, 0.1) is 11.7 Å². The summed E-state index contributed by atoms with van der Waals surface area (Å²) >= 11 is 0. The normalized spacial score (nSPS) is 15.6. The van der Waals surface area contributed by atoms with Crippen molar-refractivity contribution in [3.8, 4) is 5.75 Å². The van der Waals surface area contributed by atoms with Crippen molar-refractivity contribution in [2.24, 2.45) is 5.92 Å². The van der Waals surface area contributed by atoms with E-state index in [1.54, 1.807) is 23.0 Å². The Morgan fingerprint density at radius 2 is 2.04 bits per heavy atom. The molecule has 1 saturated heterocycles. The number of anilines is 1. The van der Waals surface area contributed by atoms with Gasteiger partial charge in [-0.05, 0) is 63.5 Å². The van der Waals surface area contributed by atoms with Crippen LogP contribution in [0.3, 0.4) is 0 Å². The van der Waals surface area contributed by atoms with E-state index in [1.165, 1.54) is 12.1 Å². The second-order valence-electron chi connectivity index (χ2n) is 6.85. The molecule has 7 heteroatoms. The lowest BCUT2D eigenvalue weighted by Crippen LogP contribution is -2.38. The topological polar surface area (TPSA) is 59.4 Å². The minimum absolute atomic E-state index is 0.0571. The van der Waals surface area contributed by atoms with Crippen LogP contribution in [0.25, 0.3) is 0 Å². The van der Waals surface area contributed by atoms with Gasteiger partial charge in [-0.25, -0.2) is 4.39 Å². The van der Waals surface area contributed by atoms with Gasteiger partial charge in [-0.2, -0.15) is 5.10 Å². The highest BCUT2D eigenvalue weighted by molar-refractivity contribution is 5.92. The van der Waals surface area contributed by atoms with Crippen LogP contribution in [0.5, 0.6) is 5.75 Å². The Kier molecular flexibility index (Phi) is 6.81. The number of hydrogen-bond donors (Lipinski definition) is 1. The number of benzene rings is 1. The van der Waals surface area contributed by atoms with Crippen LogP contribution in [-0.4, -0.2) is 46.8 Å². The Morgan fingerprint density at radius 3 is 2.70 bits per heavy atom. The van der Waals surface area contributed by atoms with Crippen LogP contribution in [-0.2, 0) is 11.3 Å². The number of likely N-dealkylation sites (tertiary alicyclic amines) is 1. The number of carbonyl (C=O) groups excluding carboxylic acids is 1. The zero-order valence-electron chi connectivity index (χ0n) is 15.7. The first-order valence-corrected chi connectivity index (χ1v) is 9.58. The molecule has 2 aromatic rings. The number of aromatic nitrogens is 2. The largest absolute Gasteiger partial charge is 0.494 e. The van der Waals surface area contributed by atoms with Gasteiger partial charge in [0.2, 0.25) is 5.91 Å². The van der Waals surface area contributed by atoms with E-state index in [9.17, 15) is 9.18 Å². The van der Waals surface area contributed by atoms with Crippen molar-refractivity contribution in [3.63, 3.8) is 0 Å². The van der Waals surface area contributed by atoms with Crippen molar-refractivity contribution < 1.29 is 13.9 Å². The SMILES string of the molecule is CCn1cc(NC(=O)C2CCN(CCCOc3ccc(F)cc3)CC2)cn1. The second kappa shape index (κ2) is 9.50. The van der Waals surface area contributed by atoms with Crippen molar-refractivity contribution in [1.29, 1.82) is 0 Å². The number of halogens is 1. The predicted molar refractivity (Wildman–Crippen MR) is 102 cm³/mol. The number of amides is 1. The lowest BCUT2D eigenvalue weighted by atomic mass is 9.96. The standard InChI is InChI=1S/C20H27FN4O2/c1-2-25-15-18(14-22-25)23-20(26)16-8-11-24(12-9-16)10-3-13-27-19-6-4-17(21)5-7-19/h4-7,14-16H,2-3,8-13H2,1H3,(H,23,26). The van der Waals surface area contributed by atoms with Gasteiger partial charge in [0.1, 0.15) is 11.6 Å². The van der Waals surface area contributed by atoms with E-state index in [0.29, 0.717) is 12.4 Å². The molecule has 1 aliphatic heterocycles. The molecule has 0 spiro atoms. The second-order valence-corrected chi connectivity index (χ2v) is 6.85. The minimum atomic E-state index is -0.256. The van der Waals surface area contributed by atoms with Crippen LogP contribution in [0.15, 0.2) is 36.7 Å². The maximum absolute atomic E-state index is 12.9. The number of hydrogen-bond acceptors (Lipinski definition) is 4. The van der Waals surface area contributed by atoms with E-state index < -0.39 is 0 Å². The molecule has 1 aliphatic rings. The number of ether oxygens (including phenoxy) is 1. The lowest BCUT2D eigenvalue weighted by Gasteiger charge is -2.31. The molecule has 0 saturated carbocycles. The van der Waals surface area contributed by atoms with Gasteiger partial charge in [0.05, 0.1) is 18.5 Å². The maximum Gasteiger partial charge on any atom is 0.227 e. The third-order valence-corrected chi connectivity index (χ3v) is 4.88. The van der Waals surface area contributed by atoms with E-state index in [2.05, 4.69) is 15.3 Å². The number of piperidine rings is 1. The quantitative estimate of drug-likeness (QED) is 0.721. The lowest BCUT2D eigenvalue weighted by molar-refractivity contribution is -0.121. The zero-order chi connectivity index (χ0) is 19.1. The minimum Gasteiger partial charge on any atom is -0.494 e. The highest BCUT2D eigenvalue weighted by Gasteiger charge is 2.25. The van der Waals surface area contributed by atoms with Gasteiger partial charge in [0.25, 0.3) is 0 Å². The smallest absolute Gasteiger partial charge is 0.227 e. The summed E-state index contributed by atoms with van der Waals surface area (Å²) in [5.41, 5.74) is 0.766. The highest BCUT2D eigenvalue weighted by atomic mass is 19.1. The summed E-state index contributed by atoms with van der Waals surface area (Å²) in [6.45, 7) is 6.19. The van der Waals surface area contributed by atoms with Gasteiger partial charge in [0, 0.05) is 25.2 Å². The number of aryl methyl sites for hydroxylation is 1. The monoisotopic (exact) mass is 374 g/mol. The molecule has 0 unspecified atom stereocenters. The summed E-state index contributed by atoms with van der Waals surface area (Å²) in [6, 6.07) is 6.09. The molecule has 0 atom stereocenters. The molecule has 0 aliphatic carbocycles. The average molecular weight is 374 g/mol. The van der Waals surface area contributed by atoms with E-state index >= 15 is 0 Å². The Bertz CT molecular complexity index is 724. The van der Waals surface area contributed by atoms with Crippen LogP contribution in [0.2, 0.25) is 0 Å². The molecule has 0 bridgehead atoms. The van der Waals surface area contributed by atoms with Crippen LogP contribution < -0.4 is 10.1 Å². The fraction of sp³-hybridized carbons (Fsp3) is 0.500. The number of rotatable bonds is 8. The molecule has 1 fully saturated rings. The average Bonchev–Trinajstić information content (AvgIpc) is 3.14.